The third kappa shape index (κ3) is 5.28. The van der Waals surface area contributed by atoms with Crippen LogP contribution in [0.1, 0.15) is 43.4 Å². The number of hydrogen-bond acceptors (Lipinski definition) is 6. The number of methoxy groups -OCH3 is 1. The van der Waals surface area contributed by atoms with Crippen LogP contribution in [0.3, 0.4) is 0 Å². The predicted molar refractivity (Wildman–Crippen MR) is 126 cm³/mol. The van der Waals surface area contributed by atoms with Gasteiger partial charge in [0.15, 0.2) is 0 Å². The van der Waals surface area contributed by atoms with Crippen molar-refractivity contribution in [1.29, 1.82) is 0 Å². The molecule has 1 saturated heterocycles. The van der Waals surface area contributed by atoms with E-state index >= 15 is 0 Å². The number of hydrogen-bond donors (Lipinski definition) is 0. The number of ether oxygens (including phenoxy) is 2. The third-order valence-corrected chi connectivity index (χ3v) is 6.32. The summed E-state index contributed by atoms with van der Waals surface area (Å²) in [4.78, 5) is 27.6. The second kappa shape index (κ2) is 10.8. The molecule has 2 aliphatic rings. The Morgan fingerprint density at radius 3 is 2.76 bits per heavy atom. The molecule has 0 spiro atoms. The summed E-state index contributed by atoms with van der Waals surface area (Å²) in [5.41, 5.74) is 1.96. The van der Waals surface area contributed by atoms with Crippen LogP contribution < -0.4 is 4.74 Å². The quantitative estimate of drug-likeness (QED) is 0.580. The average molecular weight is 468 g/mol. The first-order chi connectivity index (χ1) is 16.5. The van der Waals surface area contributed by atoms with Gasteiger partial charge in [0.25, 0.3) is 5.91 Å². The molecule has 2 heterocycles. The molecule has 4 rings (SSSR count). The summed E-state index contributed by atoms with van der Waals surface area (Å²) in [7, 11) is 1.59. The lowest BCUT2D eigenvalue weighted by Crippen LogP contribution is -2.45. The fourth-order valence-electron chi connectivity index (χ4n) is 4.62. The number of piperidine rings is 1. The molecule has 0 unspecified atom stereocenters. The Balaban J connectivity index is 1.56. The number of nitrogens with zero attached hydrogens (tertiary/aromatic N) is 3. The molecule has 1 fully saturated rings. The van der Waals surface area contributed by atoms with Crippen LogP contribution in [0.5, 0.6) is 5.75 Å². The summed E-state index contributed by atoms with van der Waals surface area (Å²) in [5.74, 6) is -0.365. The highest BCUT2D eigenvalue weighted by Gasteiger charge is 2.36. The maximum Gasteiger partial charge on any atom is 0.310 e. The van der Waals surface area contributed by atoms with Gasteiger partial charge in [0.05, 0.1) is 37.9 Å². The molecule has 180 valence electrons. The van der Waals surface area contributed by atoms with Crippen molar-refractivity contribution in [2.45, 2.75) is 32.2 Å². The first-order valence-corrected chi connectivity index (χ1v) is 11.7. The number of carbonyl (C=O) groups is 2. The van der Waals surface area contributed by atoms with E-state index in [1.165, 1.54) is 11.1 Å². The SMILES string of the molecule is CCOC(=O)[C@@H]1CCCN(CC(=O)N2N=C(c3cccc(OC)c3)C[C@@H]2c2ccccc2F)C1. The van der Waals surface area contributed by atoms with Gasteiger partial charge in [0.2, 0.25) is 0 Å². The average Bonchev–Trinajstić information content (AvgIpc) is 3.30. The van der Waals surface area contributed by atoms with E-state index in [0.29, 0.717) is 43.1 Å². The molecule has 0 saturated carbocycles. The highest BCUT2D eigenvalue weighted by molar-refractivity contribution is 6.03. The van der Waals surface area contributed by atoms with Crippen molar-refractivity contribution in [2.24, 2.45) is 11.0 Å². The van der Waals surface area contributed by atoms with Crippen LogP contribution in [0, 0.1) is 11.7 Å². The lowest BCUT2D eigenvalue weighted by Gasteiger charge is -2.32. The van der Waals surface area contributed by atoms with E-state index in [9.17, 15) is 14.0 Å². The minimum Gasteiger partial charge on any atom is -0.497 e. The normalized spacial score (nSPS) is 20.7. The Morgan fingerprint density at radius 1 is 1.18 bits per heavy atom. The highest BCUT2D eigenvalue weighted by atomic mass is 19.1. The number of esters is 1. The molecule has 0 bridgehead atoms. The summed E-state index contributed by atoms with van der Waals surface area (Å²) in [6.45, 7) is 3.42. The van der Waals surface area contributed by atoms with Gasteiger partial charge in [0, 0.05) is 24.1 Å². The second-order valence-corrected chi connectivity index (χ2v) is 8.58. The number of amides is 1. The Kier molecular flexibility index (Phi) is 7.57. The summed E-state index contributed by atoms with van der Waals surface area (Å²) >= 11 is 0. The standard InChI is InChI=1S/C26H30FN3O4/c1-3-34-26(32)19-9-7-13-29(16-19)17-25(31)30-24(21-11-4-5-12-22(21)27)15-23(28-30)18-8-6-10-20(14-18)33-2/h4-6,8,10-12,14,19,24H,3,7,9,13,15-17H2,1-2H3/t19-,24-/m1/s1. The van der Waals surface area contributed by atoms with Crippen molar-refractivity contribution in [3.8, 4) is 5.75 Å². The molecule has 7 nitrogen and oxygen atoms in total. The number of carbonyl (C=O) groups excluding carboxylic acids is 2. The Morgan fingerprint density at radius 2 is 2.00 bits per heavy atom. The number of rotatable bonds is 7. The van der Waals surface area contributed by atoms with Crippen LogP contribution in [0.2, 0.25) is 0 Å². The van der Waals surface area contributed by atoms with Crippen molar-refractivity contribution in [1.82, 2.24) is 9.91 Å². The molecule has 2 atom stereocenters. The lowest BCUT2D eigenvalue weighted by atomic mass is 9.97. The van der Waals surface area contributed by atoms with E-state index in [1.807, 2.05) is 29.2 Å². The third-order valence-electron chi connectivity index (χ3n) is 6.32. The highest BCUT2D eigenvalue weighted by Crippen LogP contribution is 2.35. The van der Waals surface area contributed by atoms with E-state index in [2.05, 4.69) is 5.10 Å². The monoisotopic (exact) mass is 467 g/mol. The van der Waals surface area contributed by atoms with Gasteiger partial charge in [-0.1, -0.05) is 30.3 Å². The fourth-order valence-corrected chi connectivity index (χ4v) is 4.62. The number of halogens is 1. The van der Waals surface area contributed by atoms with Crippen molar-refractivity contribution in [3.05, 3.63) is 65.5 Å². The smallest absolute Gasteiger partial charge is 0.310 e. The summed E-state index contributed by atoms with van der Waals surface area (Å²) in [6.07, 6.45) is 1.96. The number of benzene rings is 2. The lowest BCUT2D eigenvalue weighted by molar-refractivity contribution is -0.150. The minimum absolute atomic E-state index is 0.107. The molecule has 0 aliphatic carbocycles. The molecular formula is C26H30FN3O4. The Hall–Kier alpha value is -3.26. The predicted octanol–water partition coefficient (Wildman–Crippen LogP) is 3.79. The second-order valence-electron chi connectivity index (χ2n) is 8.58. The van der Waals surface area contributed by atoms with Crippen LogP contribution >= 0.6 is 0 Å². The summed E-state index contributed by atoms with van der Waals surface area (Å²) < 4.78 is 25.2. The van der Waals surface area contributed by atoms with E-state index in [0.717, 1.165) is 18.4 Å². The van der Waals surface area contributed by atoms with Crippen molar-refractivity contribution in [3.63, 3.8) is 0 Å². The zero-order chi connectivity index (χ0) is 24.1. The molecule has 8 heteroatoms. The van der Waals surface area contributed by atoms with Crippen molar-refractivity contribution >= 4 is 17.6 Å². The van der Waals surface area contributed by atoms with Gasteiger partial charge < -0.3 is 9.47 Å². The van der Waals surface area contributed by atoms with Gasteiger partial charge >= 0.3 is 5.97 Å². The van der Waals surface area contributed by atoms with Crippen LogP contribution in [0.15, 0.2) is 53.6 Å². The molecule has 2 aliphatic heterocycles. The van der Waals surface area contributed by atoms with Gasteiger partial charge in [-0.05, 0) is 44.5 Å². The minimum atomic E-state index is -0.541. The number of hydrazone groups is 1. The first kappa shape index (κ1) is 23.9. The topological polar surface area (TPSA) is 71.4 Å². The molecule has 34 heavy (non-hydrogen) atoms. The fraction of sp³-hybridized carbons (Fsp3) is 0.423. The molecule has 0 N–H and O–H groups in total. The first-order valence-electron chi connectivity index (χ1n) is 11.7. The van der Waals surface area contributed by atoms with Gasteiger partial charge in [0.1, 0.15) is 11.6 Å². The van der Waals surface area contributed by atoms with Crippen LogP contribution in [0.4, 0.5) is 4.39 Å². The van der Waals surface area contributed by atoms with Crippen molar-refractivity contribution in [2.75, 3.05) is 33.4 Å². The summed E-state index contributed by atoms with van der Waals surface area (Å²) in [6, 6.07) is 13.4. The molecule has 2 aromatic carbocycles. The van der Waals surface area contributed by atoms with E-state index in [1.54, 1.807) is 32.2 Å². The van der Waals surface area contributed by atoms with Crippen molar-refractivity contribution < 1.29 is 23.5 Å². The largest absolute Gasteiger partial charge is 0.497 e. The summed E-state index contributed by atoms with van der Waals surface area (Å²) in [5, 5.41) is 6.05. The van der Waals surface area contributed by atoms with Crippen LogP contribution in [-0.2, 0) is 14.3 Å². The Bertz CT molecular complexity index is 1070. The van der Waals surface area contributed by atoms with Gasteiger partial charge in [-0.25, -0.2) is 9.40 Å². The van der Waals surface area contributed by atoms with Gasteiger partial charge in [-0.2, -0.15) is 5.10 Å². The molecule has 2 aromatic rings. The van der Waals surface area contributed by atoms with Gasteiger partial charge in [-0.3, -0.25) is 14.5 Å². The zero-order valence-corrected chi connectivity index (χ0v) is 19.6. The molecular weight excluding hydrogens is 437 g/mol. The van der Waals surface area contributed by atoms with Gasteiger partial charge in [-0.15, -0.1) is 0 Å². The van der Waals surface area contributed by atoms with E-state index in [-0.39, 0.29) is 30.2 Å². The Labute approximate surface area is 199 Å². The van der Waals surface area contributed by atoms with E-state index < -0.39 is 6.04 Å². The van der Waals surface area contributed by atoms with Crippen LogP contribution in [-0.4, -0.2) is 60.8 Å². The number of likely N-dealkylation sites (tertiary alicyclic amines) is 1. The maximum atomic E-state index is 14.7. The maximum absolute atomic E-state index is 14.7. The molecule has 1 amide bonds. The van der Waals surface area contributed by atoms with Crippen LogP contribution in [0.25, 0.3) is 0 Å². The van der Waals surface area contributed by atoms with E-state index in [4.69, 9.17) is 9.47 Å². The molecule has 0 radical (unpaired) electrons. The zero-order valence-electron chi connectivity index (χ0n) is 19.6. The molecule has 0 aromatic heterocycles.